The Labute approximate surface area is 127 Å². The van der Waals surface area contributed by atoms with E-state index >= 15 is 0 Å². The first-order valence-corrected chi connectivity index (χ1v) is 8.47. The van der Waals surface area contributed by atoms with Gasteiger partial charge in [-0.25, -0.2) is 4.39 Å². The van der Waals surface area contributed by atoms with E-state index < -0.39 is 0 Å². The maximum atomic E-state index is 13.8. The Hall–Kier alpha value is -1.09. The Morgan fingerprint density at radius 3 is 2.43 bits per heavy atom. The topological polar surface area (TPSA) is 6.48 Å². The lowest BCUT2D eigenvalue weighted by atomic mass is 9.98. The Morgan fingerprint density at radius 1 is 1.10 bits per heavy atom. The van der Waals surface area contributed by atoms with Crippen molar-refractivity contribution in [2.75, 3.05) is 31.1 Å². The van der Waals surface area contributed by atoms with Gasteiger partial charge in [0.05, 0.1) is 5.69 Å². The van der Waals surface area contributed by atoms with Crippen molar-refractivity contribution >= 4 is 5.69 Å². The second kappa shape index (κ2) is 6.78. The minimum atomic E-state index is -0.0926. The molecule has 0 spiro atoms. The van der Waals surface area contributed by atoms with E-state index in [0.29, 0.717) is 6.04 Å². The fourth-order valence-electron chi connectivity index (χ4n) is 3.99. The van der Waals surface area contributed by atoms with Crippen LogP contribution in [0.5, 0.6) is 0 Å². The van der Waals surface area contributed by atoms with Gasteiger partial charge in [0.2, 0.25) is 0 Å². The molecule has 2 aliphatic rings. The predicted molar refractivity (Wildman–Crippen MR) is 86.2 cm³/mol. The van der Waals surface area contributed by atoms with Crippen molar-refractivity contribution in [1.29, 1.82) is 0 Å². The van der Waals surface area contributed by atoms with Crippen molar-refractivity contribution in [2.24, 2.45) is 5.92 Å². The maximum absolute atomic E-state index is 13.8. The van der Waals surface area contributed by atoms with Crippen LogP contribution in [-0.2, 0) is 0 Å². The van der Waals surface area contributed by atoms with Gasteiger partial charge in [0.15, 0.2) is 0 Å². The molecular weight excluding hydrogens is 263 g/mol. The molecule has 116 valence electrons. The molecule has 1 saturated carbocycles. The van der Waals surface area contributed by atoms with Gasteiger partial charge in [-0.15, -0.1) is 0 Å². The molecular formula is C18H27FN2. The molecule has 3 heteroatoms. The van der Waals surface area contributed by atoms with Crippen LogP contribution < -0.4 is 4.90 Å². The molecule has 1 unspecified atom stereocenters. The molecule has 2 fully saturated rings. The van der Waals surface area contributed by atoms with Crippen molar-refractivity contribution in [3.05, 3.63) is 30.1 Å². The monoisotopic (exact) mass is 290 g/mol. The second-order valence-electron chi connectivity index (χ2n) is 6.71. The maximum Gasteiger partial charge on any atom is 0.146 e. The third-order valence-electron chi connectivity index (χ3n) is 5.28. The standard InChI is InChI=1S/C18H27FN2/c1-15(14-16-6-2-3-7-16)20-10-12-21(13-11-20)18-9-5-4-8-17(18)19/h4-5,8-9,15-16H,2-3,6-7,10-14H2,1H3. The van der Waals surface area contributed by atoms with Gasteiger partial charge < -0.3 is 4.90 Å². The average Bonchev–Trinajstić information content (AvgIpc) is 3.01. The van der Waals surface area contributed by atoms with Crippen molar-refractivity contribution in [3.63, 3.8) is 0 Å². The molecule has 1 saturated heterocycles. The van der Waals surface area contributed by atoms with Crippen molar-refractivity contribution in [1.82, 2.24) is 4.90 Å². The van der Waals surface area contributed by atoms with Gasteiger partial charge in [-0.2, -0.15) is 0 Å². The highest BCUT2D eigenvalue weighted by Gasteiger charge is 2.25. The summed E-state index contributed by atoms with van der Waals surface area (Å²) in [5.41, 5.74) is 0.764. The first kappa shape index (κ1) is 14.8. The highest BCUT2D eigenvalue weighted by molar-refractivity contribution is 5.47. The number of para-hydroxylation sites is 1. The zero-order valence-electron chi connectivity index (χ0n) is 13.1. The number of piperazine rings is 1. The molecule has 0 aromatic heterocycles. The average molecular weight is 290 g/mol. The van der Waals surface area contributed by atoms with Gasteiger partial charge in [0.1, 0.15) is 5.82 Å². The summed E-state index contributed by atoms with van der Waals surface area (Å²) in [6, 6.07) is 7.82. The number of anilines is 1. The summed E-state index contributed by atoms with van der Waals surface area (Å²) in [4.78, 5) is 4.78. The van der Waals surface area contributed by atoms with E-state index in [9.17, 15) is 4.39 Å². The molecule has 1 heterocycles. The fraction of sp³-hybridized carbons (Fsp3) is 0.667. The van der Waals surface area contributed by atoms with Gasteiger partial charge in [-0.05, 0) is 31.4 Å². The number of rotatable bonds is 4. The quantitative estimate of drug-likeness (QED) is 0.829. The molecule has 1 aromatic carbocycles. The van der Waals surface area contributed by atoms with Crippen LogP contribution in [-0.4, -0.2) is 37.1 Å². The van der Waals surface area contributed by atoms with Crippen LogP contribution in [0.4, 0.5) is 10.1 Å². The molecule has 1 aliphatic heterocycles. The Kier molecular flexibility index (Phi) is 4.79. The fourth-order valence-corrected chi connectivity index (χ4v) is 3.99. The summed E-state index contributed by atoms with van der Waals surface area (Å²) in [5, 5.41) is 0. The molecule has 21 heavy (non-hydrogen) atoms. The van der Waals surface area contributed by atoms with Crippen LogP contribution in [0.1, 0.15) is 39.0 Å². The van der Waals surface area contributed by atoms with Gasteiger partial charge in [0.25, 0.3) is 0 Å². The van der Waals surface area contributed by atoms with Crippen LogP contribution in [0, 0.1) is 11.7 Å². The molecule has 3 rings (SSSR count). The zero-order valence-corrected chi connectivity index (χ0v) is 13.1. The van der Waals surface area contributed by atoms with E-state index in [1.807, 2.05) is 12.1 Å². The van der Waals surface area contributed by atoms with Gasteiger partial charge >= 0.3 is 0 Å². The van der Waals surface area contributed by atoms with Gasteiger partial charge in [-0.3, -0.25) is 4.90 Å². The minimum absolute atomic E-state index is 0.0926. The molecule has 0 radical (unpaired) electrons. The van der Waals surface area contributed by atoms with Crippen molar-refractivity contribution in [2.45, 2.75) is 45.1 Å². The number of nitrogens with zero attached hydrogens (tertiary/aromatic N) is 2. The third kappa shape index (κ3) is 3.57. The lowest BCUT2D eigenvalue weighted by molar-refractivity contribution is 0.171. The smallest absolute Gasteiger partial charge is 0.146 e. The molecule has 1 aromatic rings. The summed E-state index contributed by atoms with van der Waals surface area (Å²) < 4.78 is 13.8. The highest BCUT2D eigenvalue weighted by atomic mass is 19.1. The Bertz CT molecular complexity index is 448. The van der Waals surface area contributed by atoms with E-state index in [1.165, 1.54) is 32.1 Å². The van der Waals surface area contributed by atoms with E-state index in [2.05, 4.69) is 16.7 Å². The number of hydrogen-bond acceptors (Lipinski definition) is 2. The lowest BCUT2D eigenvalue weighted by Crippen LogP contribution is -2.50. The lowest BCUT2D eigenvalue weighted by Gasteiger charge is -2.39. The van der Waals surface area contributed by atoms with E-state index in [-0.39, 0.29) is 5.82 Å². The second-order valence-corrected chi connectivity index (χ2v) is 6.71. The van der Waals surface area contributed by atoms with Crippen LogP contribution >= 0.6 is 0 Å². The third-order valence-corrected chi connectivity index (χ3v) is 5.28. The first-order chi connectivity index (χ1) is 10.2. The zero-order chi connectivity index (χ0) is 14.7. The predicted octanol–water partition coefficient (Wildman–Crippen LogP) is 3.92. The summed E-state index contributed by atoms with van der Waals surface area (Å²) >= 11 is 0. The molecule has 0 bridgehead atoms. The Morgan fingerprint density at radius 2 is 1.76 bits per heavy atom. The van der Waals surface area contributed by atoms with Crippen LogP contribution in [0.3, 0.4) is 0 Å². The highest BCUT2D eigenvalue weighted by Crippen LogP contribution is 2.30. The van der Waals surface area contributed by atoms with Crippen LogP contribution in [0.2, 0.25) is 0 Å². The minimum Gasteiger partial charge on any atom is -0.367 e. The van der Waals surface area contributed by atoms with Gasteiger partial charge in [-0.1, -0.05) is 37.8 Å². The molecule has 1 atom stereocenters. The SMILES string of the molecule is CC(CC1CCCC1)N1CCN(c2ccccc2F)CC1. The van der Waals surface area contributed by atoms with Crippen molar-refractivity contribution in [3.8, 4) is 0 Å². The summed E-state index contributed by atoms with van der Waals surface area (Å²) in [7, 11) is 0. The molecule has 0 N–H and O–H groups in total. The van der Waals surface area contributed by atoms with E-state index in [1.54, 1.807) is 12.1 Å². The van der Waals surface area contributed by atoms with Crippen LogP contribution in [0.15, 0.2) is 24.3 Å². The van der Waals surface area contributed by atoms with Crippen molar-refractivity contribution < 1.29 is 4.39 Å². The van der Waals surface area contributed by atoms with Gasteiger partial charge in [0, 0.05) is 32.2 Å². The summed E-state index contributed by atoms with van der Waals surface area (Å²) in [5.74, 6) is 0.856. The molecule has 2 nitrogen and oxygen atoms in total. The number of hydrogen-bond donors (Lipinski definition) is 0. The number of halogens is 1. The summed E-state index contributed by atoms with van der Waals surface area (Å²) in [6.07, 6.45) is 7.07. The Balaban J connectivity index is 1.51. The van der Waals surface area contributed by atoms with E-state index in [0.717, 1.165) is 37.8 Å². The first-order valence-electron chi connectivity index (χ1n) is 8.47. The molecule has 0 amide bonds. The summed E-state index contributed by atoms with van der Waals surface area (Å²) in [6.45, 7) is 6.37. The van der Waals surface area contributed by atoms with E-state index in [4.69, 9.17) is 0 Å². The molecule has 1 aliphatic carbocycles. The van der Waals surface area contributed by atoms with Crippen LogP contribution in [0.25, 0.3) is 0 Å². The normalized spacial score (nSPS) is 22.7. The largest absolute Gasteiger partial charge is 0.367 e. The number of benzene rings is 1.